The number of aryl methyl sites for hydroxylation is 2. The van der Waals surface area contributed by atoms with Crippen molar-refractivity contribution in [3.8, 4) is 0 Å². The molecule has 1 heterocycles. The first-order valence-corrected chi connectivity index (χ1v) is 7.12. The Morgan fingerprint density at radius 3 is 2.60 bits per heavy atom. The van der Waals surface area contributed by atoms with Gasteiger partial charge < -0.3 is 0 Å². The Morgan fingerprint density at radius 1 is 1.25 bits per heavy atom. The van der Waals surface area contributed by atoms with E-state index in [1.165, 1.54) is 0 Å². The van der Waals surface area contributed by atoms with E-state index < -0.39 is 0 Å². The van der Waals surface area contributed by atoms with E-state index in [4.69, 9.17) is 5.84 Å². The Morgan fingerprint density at radius 2 is 1.95 bits per heavy atom. The zero-order valence-electron chi connectivity index (χ0n) is 11.4. The van der Waals surface area contributed by atoms with Gasteiger partial charge in [-0.15, -0.1) is 0 Å². The van der Waals surface area contributed by atoms with Crippen LogP contribution in [0.2, 0.25) is 0 Å². The van der Waals surface area contributed by atoms with Gasteiger partial charge in [0.05, 0.1) is 0 Å². The van der Waals surface area contributed by atoms with E-state index in [2.05, 4.69) is 15.4 Å². The fourth-order valence-corrected chi connectivity index (χ4v) is 2.68. The van der Waals surface area contributed by atoms with Gasteiger partial charge in [0.25, 0.3) is 5.91 Å². The molecule has 0 saturated carbocycles. The van der Waals surface area contributed by atoms with Crippen LogP contribution >= 0.6 is 11.8 Å². The lowest BCUT2D eigenvalue weighted by Crippen LogP contribution is -2.29. The van der Waals surface area contributed by atoms with Crippen LogP contribution in [0.4, 0.5) is 0 Å². The molecular formula is C14H16N4OS. The van der Waals surface area contributed by atoms with Gasteiger partial charge in [-0.3, -0.25) is 10.2 Å². The number of amides is 1. The zero-order chi connectivity index (χ0) is 14.5. The molecule has 6 heteroatoms. The Bertz CT molecular complexity index is 610. The summed E-state index contributed by atoms with van der Waals surface area (Å²) in [6, 6.07) is 9.28. The molecule has 2 rings (SSSR count). The molecular weight excluding hydrogens is 272 g/mol. The van der Waals surface area contributed by atoms with E-state index >= 15 is 0 Å². The van der Waals surface area contributed by atoms with Crippen LogP contribution in [0, 0.1) is 13.8 Å². The molecule has 0 spiro atoms. The van der Waals surface area contributed by atoms with Crippen molar-refractivity contribution in [2.75, 3.05) is 0 Å². The summed E-state index contributed by atoms with van der Waals surface area (Å²) in [5.41, 5.74) is 5.61. The molecule has 0 aliphatic carbocycles. The maximum Gasteiger partial charge on any atom is 0.265 e. The molecule has 2 aromatic rings. The summed E-state index contributed by atoms with van der Waals surface area (Å²) in [7, 11) is 0. The van der Waals surface area contributed by atoms with Crippen molar-refractivity contribution in [3.63, 3.8) is 0 Å². The maximum atomic E-state index is 11.5. The van der Waals surface area contributed by atoms with Crippen LogP contribution in [0.25, 0.3) is 0 Å². The lowest BCUT2D eigenvalue weighted by Gasteiger charge is -2.05. The summed E-state index contributed by atoms with van der Waals surface area (Å²) in [6.07, 6.45) is 0. The monoisotopic (exact) mass is 288 g/mol. The Kier molecular flexibility index (Phi) is 4.70. The lowest BCUT2D eigenvalue weighted by molar-refractivity contribution is 0.0953. The minimum atomic E-state index is -0.292. The standard InChI is InChI=1S/C14H16N4OS/c1-9-6-10(2)17-14(16-9)20-8-11-4-3-5-12(7-11)13(19)18-15/h3-7H,8,15H2,1-2H3,(H,18,19). The van der Waals surface area contributed by atoms with Gasteiger partial charge in [0.15, 0.2) is 5.16 Å². The molecule has 3 N–H and O–H groups in total. The highest BCUT2D eigenvalue weighted by Crippen LogP contribution is 2.20. The third-order valence-electron chi connectivity index (χ3n) is 2.65. The average Bonchev–Trinajstić information content (AvgIpc) is 2.43. The molecule has 1 amide bonds. The SMILES string of the molecule is Cc1cc(C)nc(SCc2cccc(C(=O)NN)c2)n1. The van der Waals surface area contributed by atoms with Crippen LogP contribution in [0.5, 0.6) is 0 Å². The normalized spacial score (nSPS) is 10.3. The molecule has 0 atom stereocenters. The number of hydrogen-bond donors (Lipinski definition) is 2. The summed E-state index contributed by atoms with van der Waals surface area (Å²) in [4.78, 5) is 20.2. The van der Waals surface area contributed by atoms with Gasteiger partial charge in [-0.2, -0.15) is 0 Å². The van der Waals surface area contributed by atoms with Crippen molar-refractivity contribution >= 4 is 17.7 Å². The van der Waals surface area contributed by atoms with Crippen LogP contribution in [0.15, 0.2) is 35.5 Å². The fourth-order valence-electron chi connectivity index (χ4n) is 1.79. The highest BCUT2D eigenvalue weighted by molar-refractivity contribution is 7.98. The van der Waals surface area contributed by atoms with Crippen LogP contribution in [0.1, 0.15) is 27.3 Å². The molecule has 0 radical (unpaired) electrons. The lowest BCUT2D eigenvalue weighted by atomic mass is 10.1. The maximum absolute atomic E-state index is 11.5. The number of rotatable bonds is 4. The molecule has 0 aliphatic rings. The van der Waals surface area contributed by atoms with Crippen molar-refractivity contribution in [2.45, 2.75) is 24.8 Å². The van der Waals surface area contributed by atoms with Gasteiger partial charge in [0.1, 0.15) is 0 Å². The summed E-state index contributed by atoms with van der Waals surface area (Å²) >= 11 is 1.54. The molecule has 5 nitrogen and oxygen atoms in total. The van der Waals surface area contributed by atoms with Gasteiger partial charge in [-0.25, -0.2) is 15.8 Å². The number of nitrogen functional groups attached to an aromatic ring is 1. The highest BCUT2D eigenvalue weighted by Gasteiger charge is 2.06. The van der Waals surface area contributed by atoms with Crippen LogP contribution in [0.3, 0.4) is 0 Å². The second kappa shape index (κ2) is 6.49. The molecule has 0 bridgehead atoms. The fraction of sp³-hybridized carbons (Fsp3) is 0.214. The van der Waals surface area contributed by atoms with Gasteiger partial charge in [-0.1, -0.05) is 23.9 Å². The minimum absolute atomic E-state index is 0.292. The largest absolute Gasteiger partial charge is 0.290 e. The second-order valence-corrected chi connectivity index (χ2v) is 5.34. The first kappa shape index (κ1) is 14.5. The molecule has 0 fully saturated rings. The number of benzene rings is 1. The number of carbonyl (C=O) groups excluding carboxylic acids is 1. The third kappa shape index (κ3) is 3.79. The summed E-state index contributed by atoms with van der Waals surface area (Å²) in [6.45, 7) is 3.90. The number of nitrogens with zero attached hydrogens (tertiary/aromatic N) is 2. The first-order valence-electron chi connectivity index (χ1n) is 6.13. The van der Waals surface area contributed by atoms with Gasteiger partial charge in [-0.05, 0) is 37.6 Å². The number of carbonyl (C=O) groups is 1. The Labute approximate surface area is 122 Å². The van der Waals surface area contributed by atoms with Gasteiger partial charge in [0, 0.05) is 22.7 Å². The molecule has 1 aromatic carbocycles. The Balaban J connectivity index is 2.09. The van der Waals surface area contributed by atoms with Crippen LogP contribution in [-0.2, 0) is 5.75 Å². The second-order valence-electron chi connectivity index (χ2n) is 4.40. The van der Waals surface area contributed by atoms with Crippen molar-refractivity contribution in [1.29, 1.82) is 0 Å². The zero-order valence-corrected chi connectivity index (χ0v) is 12.2. The Hall–Kier alpha value is -1.92. The predicted molar refractivity (Wildman–Crippen MR) is 79.2 cm³/mol. The quantitative estimate of drug-likeness (QED) is 0.296. The molecule has 0 unspecified atom stereocenters. The average molecular weight is 288 g/mol. The van der Waals surface area contributed by atoms with E-state index in [-0.39, 0.29) is 5.91 Å². The number of hydrogen-bond acceptors (Lipinski definition) is 5. The smallest absolute Gasteiger partial charge is 0.265 e. The van der Waals surface area contributed by atoms with Crippen molar-refractivity contribution in [1.82, 2.24) is 15.4 Å². The molecule has 0 aliphatic heterocycles. The van der Waals surface area contributed by atoms with E-state index in [0.717, 1.165) is 22.1 Å². The summed E-state index contributed by atoms with van der Waals surface area (Å²) < 4.78 is 0. The van der Waals surface area contributed by atoms with E-state index in [1.54, 1.807) is 17.8 Å². The number of nitrogens with one attached hydrogen (secondary N) is 1. The van der Waals surface area contributed by atoms with Gasteiger partial charge in [0.2, 0.25) is 0 Å². The van der Waals surface area contributed by atoms with Gasteiger partial charge >= 0.3 is 0 Å². The number of nitrogens with two attached hydrogens (primary N) is 1. The van der Waals surface area contributed by atoms with Crippen molar-refractivity contribution in [2.24, 2.45) is 5.84 Å². The van der Waals surface area contributed by atoms with E-state index in [0.29, 0.717) is 11.3 Å². The first-order chi connectivity index (χ1) is 9.58. The number of hydrazine groups is 1. The van der Waals surface area contributed by atoms with E-state index in [9.17, 15) is 4.79 Å². The third-order valence-corrected chi connectivity index (χ3v) is 3.57. The summed E-state index contributed by atoms with van der Waals surface area (Å²) in [5, 5.41) is 0.746. The van der Waals surface area contributed by atoms with E-state index in [1.807, 2.05) is 38.1 Å². The summed E-state index contributed by atoms with van der Waals surface area (Å²) in [5.74, 6) is 5.54. The predicted octanol–water partition coefficient (Wildman–Crippen LogP) is 1.99. The molecule has 0 saturated heterocycles. The topological polar surface area (TPSA) is 80.9 Å². The molecule has 20 heavy (non-hydrogen) atoms. The number of aromatic nitrogens is 2. The van der Waals surface area contributed by atoms with Crippen molar-refractivity contribution < 1.29 is 4.79 Å². The molecule has 1 aromatic heterocycles. The van der Waals surface area contributed by atoms with Crippen molar-refractivity contribution in [3.05, 3.63) is 52.8 Å². The molecule has 104 valence electrons. The van der Waals surface area contributed by atoms with Crippen LogP contribution < -0.4 is 11.3 Å². The number of thioether (sulfide) groups is 1. The van der Waals surface area contributed by atoms with Crippen LogP contribution in [-0.4, -0.2) is 15.9 Å². The minimum Gasteiger partial charge on any atom is -0.290 e. The highest BCUT2D eigenvalue weighted by atomic mass is 32.2.